The van der Waals surface area contributed by atoms with E-state index in [9.17, 15) is 5.11 Å². The van der Waals surface area contributed by atoms with Gasteiger partial charge in [-0.1, -0.05) is 12.1 Å². The lowest BCUT2D eigenvalue weighted by atomic mass is 10.0. The Balaban J connectivity index is 2.84. The van der Waals surface area contributed by atoms with E-state index in [4.69, 9.17) is 0 Å². The molecule has 0 fully saturated rings. The molecule has 2 nitrogen and oxygen atoms in total. The Morgan fingerprint density at radius 2 is 1.86 bits per heavy atom. The monoisotopic (exact) mass is 189 g/mol. The largest absolute Gasteiger partial charge is 0.389 e. The SMILES string of the molecule is Cc1ccc(C)c2c(C(C)O)c[nH]c12. The Hall–Kier alpha value is -1.28. The van der Waals surface area contributed by atoms with Crippen molar-refractivity contribution >= 4 is 10.9 Å². The molecule has 1 unspecified atom stereocenters. The third-order valence-corrected chi connectivity index (χ3v) is 2.73. The highest BCUT2D eigenvalue weighted by Crippen LogP contribution is 2.28. The Kier molecular flexibility index (Phi) is 2.08. The summed E-state index contributed by atoms with van der Waals surface area (Å²) in [6.45, 7) is 5.94. The average Bonchev–Trinajstić information content (AvgIpc) is 2.56. The van der Waals surface area contributed by atoms with E-state index in [1.807, 2.05) is 6.20 Å². The number of hydrogen-bond acceptors (Lipinski definition) is 1. The van der Waals surface area contributed by atoms with Crippen molar-refractivity contribution in [2.24, 2.45) is 0 Å². The number of aliphatic hydroxyl groups is 1. The number of nitrogens with one attached hydrogen (secondary N) is 1. The van der Waals surface area contributed by atoms with E-state index < -0.39 is 6.10 Å². The number of aryl methyl sites for hydroxylation is 2. The van der Waals surface area contributed by atoms with E-state index in [0.717, 1.165) is 11.1 Å². The lowest BCUT2D eigenvalue weighted by Gasteiger charge is -2.05. The molecule has 2 aromatic rings. The van der Waals surface area contributed by atoms with Crippen LogP contribution in [0.2, 0.25) is 0 Å². The van der Waals surface area contributed by atoms with Crippen LogP contribution in [0.5, 0.6) is 0 Å². The van der Waals surface area contributed by atoms with Crippen molar-refractivity contribution in [3.63, 3.8) is 0 Å². The van der Waals surface area contributed by atoms with Gasteiger partial charge in [-0.25, -0.2) is 0 Å². The standard InChI is InChI=1S/C12H15NO/c1-7-4-5-8(2)12-11(7)10(6-13-12)9(3)14/h4-6,9,13-14H,1-3H3. The molecule has 2 heteroatoms. The highest BCUT2D eigenvalue weighted by atomic mass is 16.3. The molecule has 0 saturated heterocycles. The van der Waals surface area contributed by atoms with Gasteiger partial charge in [0.15, 0.2) is 0 Å². The first-order chi connectivity index (χ1) is 6.61. The number of aromatic nitrogens is 1. The van der Waals surface area contributed by atoms with Gasteiger partial charge in [0.2, 0.25) is 0 Å². The number of benzene rings is 1. The smallest absolute Gasteiger partial charge is 0.0782 e. The van der Waals surface area contributed by atoms with Crippen LogP contribution in [0.1, 0.15) is 29.7 Å². The maximum atomic E-state index is 9.61. The molecule has 1 aromatic heterocycles. The number of fused-ring (bicyclic) bond motifs is 1. The zero-order valence-corrected chi connectivity index (χ0v) is 8.76. The van der Waals surface area contributed by atoms with E-state index in [0.29, 0.717) is 0 Å². The Bertz CT molecular complexity index is 468. The van der Waals surface area contributed by atoms with Crippen molar-refractivity contribution < 1.29 is 5.11 Å². The molecule has 0 aliphatic heterocycles. The third kappa shape index (κ3) is 1.23. The molecule has 0 bridgehead atoms. The molecule has 1 atom stereocenters. The van der Waals surface area contributed by atoms with Gasteiger partial charge in [0.05, 0.1) is 6.10 Å². The Morgan fingerprint density at radius 3 is 2.50 bits per heavy atom. The molecule has 14 heavy (non-hydrogen) atoms. The van der Waals surface area contributed by atoms with Crippen molar-refractivity contribution in [1.82, 2.24) is 4.98 Å². The van der Waals surface area contributed by atoms with Crippen LogP contribution in [-0.4, -0.2) is 10.1 Å². The second-order valence-corrected chi connectivity index (χ2v) is 3.87. The summed E-state index contributed by atoms with van der Waals surface area (Å²) in [5.74, 6) is 0. The highest BCUT2D eigenvalue weighted by Gasteiger charge is 2.11. The fraction of sp³-hybridized carbons (Fsp3) is 0.333. The molecule has 74 valence electrons. The predicted octanol–water partition coefficient (Wildman–Crippen LogP) is 2.84. The van der Waals surface area contributed by atoms with Crippen molar-refractivity contribution in [2.45, 2.75) is 26.9 Å². The summed E-state index contributed by atoms with van der Waals surface area (Å²) in [4.78, 5) is 3.22. The van der Waals surface area contributed by atoms with E-state index >= 15 is 0 Å². The number of aromatic amines is 1. The fourth-order valence-corrected chi connectivity index (χ4v) is 1.92. The van der Waals surface area contributed by atoms with Crippen LogP contribution in [0.3, 0.4) is 0 Å². The predicted molar refractivity (Wildman–Crippen MR) is 58.4 cm³/mol. The van der Waals surface area contributed by atoms with Gasteiger partial charge in [-0.3, -0.25) is 0 Å². The topological polar surface area (TPSA) is 36.0 Å². The first-order valence-electron chi connectivity index (χ1n) is 4.86. The first-order valence-corrected chi connectivity index (χ1v) is 4.86. The zero-order valence-electron chi connectivity index (χ0n) is 8.76. The molecular formula is C12H15NO. The fourth-order valence-electron chi connectivity index (χ4n) is 1.92. The summed E-state index contributed by atoms with van der Waals surface area (Å²) in [5.41, 5.74) is 4.56. The van der Waals surface area contributed by atoms with Crippen molar-refractivity contribution in [3.8, 4) is 0 Å². The van der Waals surface area contributed by atoms with Crippen LogP contribution in [0.15, 0.2) is 18.3 Å². The van der Waals surface area contributed by atoms with Crippen LogP contribution < -0.4 is 0 Å². The number of rotatable bonds is 1. The maximum absolute atomic E-state index is 9.61. The maximum Gasteiger partial charge on any atom is 0.0782 e. The van der Waals surface area contributed by atoms with E-state index in [1.54, 1.807) is 6.92 Å². The van der Waals surface area contributed by atoms with Gasteiger partial charge in [0.1, 0.15) is 0 Å². The first kappa shape index (κ1) is 9.28. The molecular weight excluding hydrogens is 174 g/mol. The van der Waals surface area contributed by atoms with Gasteiger partial charge >= 0.3 is 0 Å². The van der Waals surface area contributed by atoms with Crippen LogP contribution in [-0.2, 0) is 0 Å². The normalized spacial score (nSPS) is 13.4. The number of aliphatic hydroxyl groups excluding tert-OH is 1. The molecule has 0 spiro atoms. The van der Waals surface area contributed by atoms with Gasteiger partial charge in [-0.2, -0.15) is 0 Å². The number of H-pyrrole nitrogens is 1. The molecule has 0 radical (unpaired) electrons. The zero-order chi connectivity index (χ0) is 10.3. The van der Waals surface area contributed by atoms with Gasteiger partial charge in [-0.05, 0) is 31.9 Å². The molecule has 0 aliphatic carbocycles. The Labute approximate surface area is 83.6 Å². The quantitative estimate of drug-likeness (QED) is 0.711. The minimum atomic E-state index is -0.413. The summed E-state index contributed by atoms with van der Waals surface area (Å²) in [6.07, 6.45) is 1.49. The lowest BCUT2D eigenvalue weighted by Crippen LogP contribution is -1.90. The summed E-state index contributed by atoms with van der Waals surface area (Å²) in [7, 11) is 0. The van der Waals surface area contributed by atoms with Crippen LogP contribution in [0, 0.1) is 13.8 Å². The number of hydrogen-bond donors (Lipinski definition) is 2. The molecule has 1 aromatic carbocycles. The van der Waals surface area contributed by atoms with Crippen molar-refractivity contribution in [3.05, 3.63) is 35.0 Å². The summed E-state index contributed by atoms with van der Waals surface area (Å²) in [5, 5.41) is 10.8. The minimum absolute atomic E-state index is 0.413. The van der Waals surface area contributed by atoms with Crippen LogP contribution in [0.4, 0.5) is 0 Å². The molecule has 0 saturated carbocycles. The van der Waals surface area contributed by atoms with Gasteiger partial charge < -0.3 is 10.1 Å². The van der Waals surface area contributed by atoms with Crippen LogP contribution >= 0.6 is 0 Å². The molecule has 2 rings (SSSR count). The molecule has 2 N–H and O–H groups in total. The van der Waals surface area contributed by atoms with E-state index in [-0.39, 0.29) is 0 Å². The van der Waals surface area contributed by atoms with Gasteiger partial charge in [0.25, 0.3) is 0 Å². The molecule has 0 amide bonds. The molecule has 1 heterocycles. The second-order valence-electron chi connectivity index (χ2n) is 3.87. The average molecular weight is 189 g/mol. The lowest BCUT2D eigenvalue weighted by molar-refractivity contribution is 0.201. The third-order valence-electron chi connectivity index (χ3n) is 2.73. The summed E-state index contributed by atoms with van der Waals surface area (Å²) < 4.78 is 0. The summed E-state index contributed by atoms with van der Waals surface area (Å²) >= 11 is 0. The van der Waals surface area contributed by atoms with Crippen molar-refractivity contribution in [2.75, 3.05) is 0 Å². The Morgan fingerprint density at radius 1 is 1.21 bits per heavy atom. The van der Waals surface area contributed by atoms with E-state index in [1.165, 1.54) is 16.5 Å². The second kappa shape index (κ2) is 3.14. The van der Waals surface area contributed by atoms with Crippen LogP contribution in [0.25, 0.3) is 10.9 Å². The molecule has 0 aliphatic rings. The minimum Gasteiger partial charge on any atom is -0.389 e. The highest BCUT2D eigenvalue weighted by molar-refractivity contribution is 5.89. The van der Waals surface area contributed by atoms with Crippen molar-refractivity contribution in [1.29, 1.82) is 0 Å². The summed E-state index contributed by atoms with van der Waals surface area (Å²) in [6, 6.07) is 4.19. The van der Waals surface area contributed by atoms with Gasteiger partial charge in [0, 0.05) is 22.7 Å². The van der Waals surface area contributed by atoms with Gasteiger partial charge in [-0.15, -0.1) is 0 Å². The van der Waals surface area contributed by atoms with E-state index in [2.05, 4.69) is 31.0 Å².